The second-order valence-electron chi connectivity index (χ2n) is 1.82. The quantitative estimate of drug-likeness (QED) is 0.570. The van der Waals surface area contributed by atoms with Crippen molar-refractivity contribution in [1.82, 2.24) is 0 Å². The van der Waals surface area contributed by atoms with E-state index in [-0.39, 0.29) is 0 Å². The van der Waals surface area contributed by atoms with Crippen LogP contribution in [0.15, 0.2) is 24.3 Å². The summed E-state index contributed by atoms with van der Waals surface area (Å²) in [5, 5.41) is 8.83. The highest BCUT2D eigenvalue weighted by Gasteiger charge is 1.87. The average Bonchev–Trinajstić information content (AvgIpc) is 1.90. The number of hydrogen-bond donors (Lipinski definition) is 2. The van der Waals surface area contributed by atoms with Crippen molar-refractivity contribution >= 4 is 12.6 Å². The maximum absolute atomic E-state index is 8.83. The molecule has 1 rings (SSSR count). The summed E-state index contributed by atoms with van der Waals surface area (Å²) in [7, 11) is 0. The van der Waals surface area contributed by atoms with Gasteiger partial charge in [0.2, 0.25) is 0 Å². The Labute approximate surface area is 59.7 Å². The van der Waals surface area contributed by atoms with E-state index in [1.54, 1.807) is 12.1 Å². The fourth-order valence-electron chi connectivity index (χ4n) is 0.601. The van der Waals surface area contributed by atoms with Crippen LogP contribution in [0.3, 0.4) is 0 Å². The average molecular weight is 140 g/mol. The summed E-state index contributed by atoms with van der Waals surface area (Å²) in [6.45, 7) is 0. The Hall–Kier alpha value is -0.630. The van der Waals surface area contributed by atoms with E-state index in [1.165, 1.54) is 0 Å². The number of thiol groups is 1. The van der Waals surface area contributed by atoms with Crippen LogP contribution in [0.25, 0.3) is 0 Å². The van der Waals surface area contributed by atoms with E-state index in [0.29, 0.717) is 5.75 Å². The molecule has 1 N–H and O–H groups in total. The van der Waals surface area contributed by atoms with Gasteiger partial charge in [0.15, 0.2) is 0 Å². The minimum absolute atomic E-state index is 0.306. The molecule has 0 unspecified atom stereocenters. The highest BCUT2D eigenvalue weighted by atomic mass is 32.1. The second kappa shape index (κ2) is 2.78. The van der Waals surface area contributed by atoms with E-state index < -0.39 is 0 Å². The monoisotopic (exact) mass is 140 g/mol. The van der Waals surface area contributed by atoms with Crippen molar-refractivity contribution in [2.75, 3.05) is 0 Å². The zero-order valence-electron chi connectivity index (χ0n) is 4.91. The van der Waals surface area contributed by atoms with Crippen molar-refractivity contribution in [3.8, 4) is 5.75 Å². The Balaban J connectivity index is 2.88. The third-order valence-corrected chi connectivity index (χ3v) is 1.48. The van der Waals surface area contributed by atoms with Crippen LogP contribution in [-0.2, 0) is 5.75 Å². The summed E-state index contributed by atoms with van der Waals surface area (Å²) in [5.41, 5.74) is 1.12. The highest BCUT2D eigenvalue weighted by Crippen LogP contribution is 2.10. The Morgan fingerprint density at radius 3 is 2.22 bits per heavy atom. The molecule has 0 saturated heterocycles. The minimum atomic E-state index is 0.306. The smallest absolute Gasteiger partial charge is 0.115 e. The van der Waals surface area contributed by atoms with E-state index in [9.17, 15) is 0 Å². The first-order valence-corrected chi connectivity index (χ1v) is 3.35. The van der Waals surface area contributed by atoms with E-state index >= 15 is 0 Å². The Morgan fingerprint density at radius 2 is 1.78 bits per heavy atom. The summed E-state index contributed by atoms with van der Waals surface area (Å²) < 4.78 is 0. The number of benzene rings is 1. The molecule has 0 bridgehead atoms. The predicted octanol–water partition coefficient (Wildman–Crippen LogP) is 1.82. The van der Waals surface area contributed by atoms with E-state index in [4.69, 9.17) is 5.11 Å². The molecule has 0 atom stereocenters. The molecule has 0 amide bonds. The zero-order chi connectivity index (χ0) is 6.69. The molecular formula is C7H8OS. The van der Waals surface area contributed by atoms with Gasteiger partial charge in [0.25, 0.3) is 0 Å². The zero-order valence-corrected chi connectivity index (χ0v) is 5.81. The highest BCUT2D eigenvalue weighted by molar-refractivity contribution is 7.79. The SMILES string of the molecule is Oc1ccc(CS)cc1. The molecule has 0 saturated carbocycles. The second-order valence-corrected chi connectivity index (χ2v) is 2.14. The normalized spacial score (nSPS) is 9.44. The number of aromatic hydroxyl groups is 1. The lowest BCUT2D eigenvalue weighted by Gasteiger charge is -1.93. The molecule has 0 radical (unpaired) electrons. The first kappa shape index (κ1) is 6.49. The van der Waals surface area contributed by atoms with Crippen LogP contribution in [0.5, 0.6) is 5.75 Å². The molecule has 9 heavy (non-hydrogen) atoms. The predicted molar refractivity (Wildman–Crippen MR) is 40.8 cm³/mol. The van der Waals surface area contributed by atoms with Gasteiger partial charge in [-0.2, -0.15) is 12.6 Å². The third-order valence-electron chi connectivity index (χ3n) is 1.12. The lowest BCUT2D eigenvalue weighted by Crippen LogP contribution is -1.73. The number of rotatable bonds is 1. The topological polar surface area (TPSA) is 20.2 Å². The van der Waals surface area contributed by atoms with Gasteiger partial charge in [-0.05, 0) is 17.7 Å². The number of hydrogen-bond acceptors (Lipinski definition) is 2. The van der Waals surface area contributed by atoms with Crippen LogP contribution in [0.4, 0.5) is 0 Å². The summed E-state index contributed by atoms with van der Waals surface area (Å²) in [5.74, 6) is 1.03. The van der Waals surface area contributed by atoms with Gasteiger partial charge in [-0.15, -0.1) is 0 Å². The molecule has 0 fully saturated rings. The number of phenols is 1. The number of phenolic OH excluding ortho intramolecular Hbond substituents is 1. The van der Waals surface area contributed by atoms with Crippen molar-refractivity contribution in [1.29, 1.82) is 0 Å². The van der Waals surface area contributed by atoms with Crippen LogP contribution in [-0.4, -0.2) is 5.11 Å². The van der Waals surface area contributed by atoms with Gasteiger partial charge < -0.3 is 5.11 Å². The van der Waals surface area contributed by atoms with Crippen molar-refractivity contribution in [3.05, 3.63) is 29.8 Å². The van der Waals surface area contributed by atoms with Crippen molar-refractivity contribution < 1.29 is 5.11 Å². The van der Waals surface area contributed by atoms with Gasteiger partial charge in [0.1, 0.15) is 5.75 Å². The molecule has 2 heteroatoms. The summed E-state index contributed by atoms with van der Waals surface area (Å²) in [6.07, 6.45) is 0. The summed E-state index contributed by atoms with van der Waals surface area (Å²) in [4.78, 5) is 0. The lowest BCUT2D eigenvalue weighted by atomic mass is 10.2. The molecule has 0 aliphatic heterocycles. The molecule has 0 aliphatic carbocycles. The van der Waals surface area contributed by atoms with Crippen LogP contribution >= 0.6 is 12.6 Å². The minimum Gasteiger partial charge on any atom is -0.508 e. The van der Waals surface area contributed by atoms with Gasteiger partial charge in [-0.1, -0.05) is 12.1 Å². The van der Waals surface area contributed by atoms with Gasteiger partial charge in [-0.3, -0.25) is 0 Å². The van der Waals surface area contributed by atoms with Crippen LogP contribution in [0.2, 0.25) is 0 Å². The summed E-state index contributed by atoms with van der Waals surface area (Å²) >= 11 is 4.06. The van der Waals surface area contributed by atoms with Crippen molar-refractivity contribution in [3.63, 3.8) is 0 Å². The van der Waals surface area contributed by atoms with Crippen molar-refractivity contribution in [2.24, 2.45) is 0 Å². The fraction of sp³-hybridized carbons (Fsp3) is 0.143. The Bertz CT molecular complexity index is 181. The molecule has 0 aliphatic rings. The van der Waals surface area contributed by atoms with Gasteiger partial charge in [0.05, 0.1) is 0 Å². The van der Waals surface area contributed by atoms with E-state index in [0.717, 1.165) is 11.3 Å². The molecule has 1 aromatic carbocycles. The Kier molecular flexibility index (Phi) is 2.01. The first-order valence-electron chi connectivity index (χ1n) is 2.71. The van der Waals surface area contributed by atoms with Gasteiger partial charge >= 0.3 is 0 Å². The van der Waals surface area contributed by atoms with Crippen LogP contribution in [0.1, 0.15) is 5.56 Å². The molecule has 1 nitrogen and oxygen atoms in total. The standard InChI is InChI=1S/C7H8OS/c8-7-3-1-6(5-9)2-4-7/h1-4,8-9H,5H2. The van der Waals surface area contributed by atoms with E-state index in [1.807, 2.05) is 12.1 Å². The lowest BCUT2D eigenvalue weighted by molar-refractivity contribution is 0.475. The summed E-state index contributed by atoms with van der Waals surface area (Å²) in [6, 6.07) is 7.02. The maximum atomic E-state index is 8.83. The molecule has 0 spiro atoms. The van der Waals surface area contributed by atoms with Crippen molar-refractivity contribution in [2.45, 2.75) is 5.75 Å². The Morgan fingerprint density at radius 1 is 1.22 bits per heavy atom. The van der Waals surface area contributed by atoms with E-state index in [2.05, 4.69) is 12.6 Å². The first-order chi connectivity index (χ1) is 4.33. The van der Waals surface area contributed by atoms with Crippen LogP contribution in [0, 0.1) is 0 Å². The molecule has 0 aromatic heterocycles. The largest absolute Gasteiger partial charge is 0.508 e. The fourth-order valence-corrected chi connectivity index (χ4v) is 0.812. The van der Waals surface area contributed by atoms with Crippen LogP contribution < -0.4 is 0 Å². The maximum Gasteiger partial charge on any atom is 0.115 e. The third kappa shape index (κ3) is 1.64. The molecule has 0 heterocycles. The molecule has 48 valence electrons. The molecular weight excluding hydrogens is 132 g/mol. The van der Waals surface area contributed by atoms with Gasteiger partial charge in [0, 0.05) is 5.75 Å². The molecule has 1 aromatic rings. The van der Waals surface area contributed by atoms with Gasteiger partial charge in [-0.25, -0.2) is 0 Å².